The van der Waals surface area contributed by atoms with Crippen LogP contribution in [0, 0.1) is 13.3 Å². The zero-order valence-corrected chi connectivity index (χ0v) is 17.6. The molecule has 1 aromatic heterocycles. The Labute approximate surface area is 166 Å². The van der Waals surface area contributed by atoms with Crippen LogP contribution < -0.4 is 5.46 Å². The van der Waals surface area contributed by atoms with E-state index >= 15 is 0 Å². The number of nitrogens with zero attached hydrogens (tertiary/aromatic N) is 1. The summed E-state index contributed by atoms with van der Waals surface area (Å²) in [4.78, 5) is 7.70. The molecule has 1 N–H and O–H groups in total. The van der Waals surface area contributed by atoms with Crippen molar-refractivity contribution in [1.29, 1.82) is 0 Å². The predicted octanol–water partition coefficient (Wildman–Crippen LogP) is 3.54. The minimum atomic E-state index is -0.327. The molecule has 0 bridgehead atoms. The Balaban J connectivity index is 0.00000225. The van der Waals surface area contributed by atoms with Gasteiger partial charge in [-0.25, -0.2) is 6.42 Å². The summed E-state index contributed by atoms with van der Waals surface area (Å²) in [6, 6.07) is 8.24. The van der Waals surface area contributed by atoms with E-state index in [0.717, 1.165) is 35.4 Å². The van der Waals surface area contributed by atoms with E-state index < -0.39 is 0 Å². The molecule has 2 aromatic rings. The smallest absolute Gasteiger partial charge is 0.399 e. The van der Waals surface area contributed by atoms with Gasteiger partial charge < -0.3 is 27.6 Å². The molecule has 2 heterocycles. The van der Waals surface area contributed by atoms with E-state index in [0.29, 0.717) is 0 Å². The number of hydrogen-bond donors (Lipinski definition) is 1. The summed E-state index contributed by atoms with van der Waals surface area (Å²) in [5.74, 6) is 0.892. The Morgan fingerprint density at radius 3 is 2.28 bits per heavy atom. The molecule has 0 atom stereocenters. The predicted molar refractivity (Wildman–Crippen MR) is 97.7 cm³/mol. The third-order valence-corrected chi connectivity index (χ3v) is 4.88. The summed E-state index contributed by atoms with van der Waals surface area (Å²) in [7, 11) is -0.327. The zero-order valence-electron chi connectivity index (χ0n) is 15.4. The second-order valence-electron chi connectivity index (χ2n) is 7.24. The quantitative estimate of drug-likeness (QED) is 0.598. The largest absolute Gasteiger partial charge is 2.00 e. The van der Waals surface area contributed by atoms with Crippen LogP contribution in [0.4, 0.5) is 0 Å². The summed E-state index contributed by atoms with van der Waals surface area (Å²) >= 11 is 0. The Kier molecular flexibility index (Phi) is 6.28. The van der Waals surface area contributed by atoms with Crippen LogP contribution in [0.3, 0.4) is 0 Å². The van der Waals surface area contributed by atoms with Gasteiger partial charge in [-0.05, 0) is 44.5 Å². The van der Waals surface area contributed by atoms with Crippen molar-refractivity contribution in [2.75, 3.05) is 0 Å². The number of nitrogens with one attached hydrogen (secondary N) is 1. The van der Waals surface area contributed by atoms with Crippen LogP contribution in [0.25, 0.3) is 11.3 Å². The summed E-state index contributed by atoms with van der Waals surface area (Å²) in [5, 5.41) is 0. The molecule has 0 unspecified atom stereocenters. The topological polar surface area (TPSA) is 47.1 Å². The van der Waals surface area contributed by atoms with Crippen molar-refractivity contribution in [2.24, 2.45) is 0 Å². The fraction of sp³-hybridized carbons (Fsp3) is 0.421. The molecule has 25 heavy (non-hydrogen) atoms. The van der Waals surface area contributed by atoms with Gasteiger partial charge in [0.2, 0.25) is 0 Å². The van der Waals surface area contributed by atoms with Crippen LogP contribution in [0.2, 0.25) is 0 Å². The number of aromatic amines is 1. The average molecular weight is 417 g/mol. The first-order chi connectivity index (χ1) is 11.3. The molecule has 131 valence electrons. The molecule has 3 rings (SSSR count). The summed E-state index contributed by atoms with van der Waals surface area (Å²) in [6.07, 6.45) is 5.72. The molecule has 0 spiro atoms. The van der Waals surface area contributed by atoms with E-state index in [2.05, 4.69) is 75.3 Å². The van der Waals surface area contributed by atoms with Crippen molar-refractivity contribution in [3.05, 3.63) is 49.6 Å². The SMILES string of the molecule is [CH2-]CC[CH-]c1ncc(-c2ccc(B3OC(C)(C)C(C)(C)O3)cc2)[nH]1.[Nb+2]. The Morgan fingerprint density at radius 2 is 1.72 bits per heavy atom. The normalized spacial score (nSPS) is 18.0. The van der Waals surface area contributed by atoms with E-state index in [1.807, 2.05) is 6.20 Å². The summed E-state index contributed by atoms with van der Waals surface area (Å²) in [5.41, 5.74) is 2.49. The van der Waals surface area contributed by atoms with Crippen molar-refractivity contribution in [1.82, 2.24) is 9.97 Å². The summed E-state index contributed by atoms with van der Waals surface area (Å²) < 4.78 is 12.2. The molecule has 1 aliphatic rings. The van der Waals surface area contributed by atoms with Gasteiger partial charge in [0, 0.05) is 6.20 Å². The van der Waals surface area contributed by atoms with Crippen LogP contribution in [0.15, 0.2) is 30.5 Å². The first kappa shape index (κ1) is 20.3. The van der Waals surface area contributed by atoms with Crippen LogP contribution in [0.5, 0.6) is 0 Å². The van der Waals surface area contributed by atoms with Crippen molar-refractivity contribution >= 4 is 12.6 Å². The second kappa shape index (κ2) is 7.73. The minimum Gasteiger partial charge on any atom is -0.399 e. The van der Waals surface area contributed by atoms with Gasteiger partial charge in [0.1, 0.15) is 0 Å². The van der Waals surface area contributed by atoms with E-state index in [1.54, 1.807) is 0 Å². The van der Waals surface area contributed by atoms with Gasteiger partial charge in [-0.3, -0.25) is 4.98 Å². The Hall–Kier alpha value is -0.975. The molecule has 0 saturated carbocycles. The van der Waals surface area contributed by atoms with Gasteiger partial charge in [-0.1, -0.05) is 24.3 Å². The Morgan fingerprint density at radius 1 is 1.12 bits per heavy atom. The van der Waals surface area contributed by atoms with Crippen LogP contribution in [0.1, 0.15) is 46.4 Å². The maximum atomic E-state index is 6.09. The first-order valence-corrected chi connectivity index (χ1v) is 8.46. The van der Waals surface area contributed by atoms with Gasteiger partial charge in [0.15, 0.2) is 0 Å². The second-order valence-corrected chi connectivity index (χ2v) is 7.24. The monoisotopic (exact) mass is 417 g/mol. The molecular weight excluding hydrogens is 392 g/mol. The maximum Gasteiger partial charge on any atom is 2.00 e. The van der Waals surface area contributed by atoms with Crippen molar-refractivity contribution < 1.29 is 31.7 Å². The van der Waals surface area contributed by atoms with Gasteiger partial charge >= 0.3 is 29.5 Å². The molecule has 1 aromatic carbocycles. The molecule has 1 saturated heterocycles. The maximum absolute atomic E-state index is 6.09. The van der Waals surface area contributed by atoms with Crippen LogP contribution in [-0.2, 0) is 31.7 Å². The molecule has 1 aliphatic heterocycles. The van der Waals surface area contributed by atoms with Crippen LogP contribution >= 0.6 is 0 Å². The standard InChI is InChI=1S/C19H25BN2O2.Nb/c1-6-7-8-17-21-13-16(22-17)14-9-11-15(12-10-14)20-23-18(2,3)19(4,5)24-20;/h8-13H,1,6-7H2,2-5H3,(H,21,22);/q-2;+2. The van der Waals surface area contributed by atoms with E-state index in [1.165, 1.54) is 0 Å². The van der Waals surface area contributed by atoms with Crippen molar-refractivity contribution in [3.63, 3.8) is 0 Å². The molecule has 0 aliphatic carbocycles. The fourth-order valence-corrected chi connectivity index (χ4v) is 2.62. The molecule has 0 amide bonds. The Bertz CT molecular complexity index is 682. The van der Waals surface area contributed by atoms with Crippen molar-refractivity contribution in [3.8, 4) is 11.3 Å². The molecule has 1 fully saturated rings. The summed E-state index contributed by atoms with van der Waals surface area (Å²) in [6.45, 7) is 12.1. The number of hydrogen-bond acceptors (Lipinski definition) is 3. The number of H-pyrrole nitrogens is 1. The molecule has 6 heteroatoms. The van der Waals surface area contributed by atoms with Gasteiger partial charge in [-0.15, -0.1) is 0 Å². The van der Waals surface area contributed by atoms with E-state index in [-0.39, 0.29) is 40.7 Å². The zero-order chi connectivity index (χ0) is 17.4. The van der Waals surface area contributed by atoms with Gasteiger partial charge in [-0.2, -0.15) is 6.42 Å². The third kappa shape index (κ3) is 4.23. The van der Waals surface area contributed by atoms with Crippen molar-refractivity contribution in [2.45, 2.75) is 51.7 Å². The fourth-order valence-electron chi connectivity index (χ4n) is 2.62. The molecule has 1 radical (unpaired) electrons. The molecular formula is C19H25BN2NbO2. The van der Waals surface area contributed by atoms with E-state index in [9.17, 15) is 0 Å². The number of benzene rings is 1. The minimum absolute atomic E-state index is 0. The number of imidazole rings is 1. The van der Waals surface area contributed by atoms with Gasteiger partial charge in [0.25, 0.3) is 0 Å². The van der Waals surface area contributed by atoms with Gasteiger partial charge in [0.05, 0.1) is 16.9 Å². The third-order valence-electron chi connectivity index (χ3n) is 4.88. The number of unbranched alkanes of at least 4 members (excludes halogenated alkanes) is 1. The number of aromatic nitrogens is 2. The molecule has 4 nitrogen and oxygen atoms in total. The van der Waals surface area contributed by atoms with E-state index in [4.69, 9.17) is 9.31 Å². The first-order valence-electron chi connectivity index (χ1n) is 8.46. The van der Waals surface area contributed by atoms with Crippen LogP contribution in [-0.4, -0.2) is 28.3 Å². The average Bonchev–Trinajstić information content (AvgIpc) is 3.08. The number of rotatable bonds is 5.